The minimum Gasteiger partial charge on any atom is -0.360 e. The van der Waals surface area contributed by atoms with Crippen LogP contribution in [0.3, 0.4) is 0 Å². The zero-order chi connectivity index (χ0) is 17.5. The van der Waals surface area contributed by atoms with Crippen LogP contribution in [0.5, 0.6) is 0 Å². The number of hydrogen-bond donors (Lipinski definition) is 1. The van der Waals surface area contributed by atoms with Gasteiger partial charge in [-0.2, -0.15) is 0 Å². The lowest BCUT2D eigenvalue weighted by molar-refractivity contribution is -0.232. The second-order valence-electron chi connectivity index (χ2n) is 6.70. The summed E-state index contributed by atoms with van der Waals surface area (Å²) in [7, 11) is 0. The van der Waals surface area contributed by atoms with Crippen molar-refractivity contribution in [3.63, 3.8) is 0 Å². The van der Waals surface area contributed by atoms with Gasteiger partial charge in [0, 0.05) is 23.6 Å². The van der Waals surface area contributed by atoms with Crippen LogP contribution in [0.2, 0.25) is 0 Å². The van der Waals surface area contributed by atoms with Crippen LogP contribution in [0, 0.1) is 0 Å². The van der Waals surface area contributed by atoms with Crippen LogP contribution in [0.1, 0.15) is 22.0 Å². The number of hydroxylamine groups is 2. The Balaban J connectivity index is 1.45. The van der Waals surface area contributed by atoms with Crippen molar-refractivity contribution in [3.05, 3.63) is 84.1 Å². The molecule has 3 unspecified atom stereocenters. The molecular weight excluding hydrogens is 326 g/mol. The molecule has 2 aromatic carbocycles. The van der Waals surface area contributed by atoms with Crippen LogP contribution >= 0.6 is 0 Å². The van der Waals surface area contributed by atoms with Crippen molar-refractivity contribution in [3.8, 4) is 0 Å². The van der Waals surface area contributed by atoms with Gasteiger partial charge in [0.1, 0.15) is 12.8 Å². The van der Waals surface area contributed by atoms with Gasteiger partial charge >= 0.3 is 0 Å². The number of aromatic amines is 1. The third kappa shape index (κ3) is 2.44. The first-order chi connectivity index (χ1) is 12.8. The van der Waals surface area contributed by atoms with Crippen LogP contribution in [0.4, 0.5) is 0 Å². The summed E-state index contributed by atoms with van der Waals surface area (Å²) < 4.78 is 0. The molecule has 1 N–H and O–H groups in total. The van der Waals surface area contributed by atoms with Crippen molar-refractivity contribution in [1.29, 1.82) is 0 Å². The maximum Gasteiger partial charge on any atom is 0.280 e. The average Bonchev–Trinajstić information content (AvgIpc) is 3.11. The van der Waals surface area contributed by atoms with Crippen LogP contribution < -0.4 is 0 Å². The predicted molar refractivity (Wildman–Crippen MR) is 99.2 cm³/mol. The van der Waals surface area contributed by atoms with Crippen LogP contribution in [-0.4, -0.2) is 40.2 Å². The molecule has 0 saturated carbocycles. The Morgan fingerprint density at radius 3 is 2.73 bits per heavy atom. The quantitative estimate of drug-likeness (QED) is 0.723. The van der Waals surface area contributed by atoms with Gasteiger partial charge in [0.2, 0.25) is 0 Å². The van der Waals surface area contributed by atoms with Crippen molar-refractivity contribution in [2.24, 2.45) is 0 Å². The number of H-pyrrole nitrogens is 1. The first-order valence-corrected chi connectivity index (χ1v) is 8.82. The molecule has 5 heteroatoms. The number of para-hydroxylation sites is 1. The number of nitrogens with one attached hydrogen (secondary N) is 1. The van der Waals surface area contributed by atoms with Gasteiger partial charge in [-0.1, -0.05) is 60.7 Å². The molecular formula is C21H19N3O2. The van der Waals surface area contributed by atoms with Crippen molar-refractivity contribution in [2.45, 2.75) is 12.1 Å². The molecule has 5 rings (SSSR count). The minimum atomic E-state index is -0.172. The van der Waals surface area contributed by atoms with E-state index < -0.39 is 0 Å². The SMILES string of the molecule is O=C(c1c[nH]c2ccccc12)N1CN2CC=CC(O1)C2c1ccccc1. The molecule has 0 aliphatic carbocycles. The average molecular weight is 345 g/mol. The second kappa shape index (κ2) is 6.12. The Bertz CT molecular complexity index is 979. The molecule has 2 bridgehead atoms. The van der Waals surface area contributed by atoms with E-state index in [-0.39, 0.29) is 18.1 Å². The maximum atomic E-state index is 13.1. The van der Waals surface area contributed by atoms with Gasteiger partial charge in [-0.15, -0.1) is 0 Å². The molecule has 1 fully saturated rings. The predicted octanol–water partition coefficient (Wildman–Crippen LogP) is 3.49. The molecule has 26 heavy (non-hydrogen) atoms. The number of carbonyl (C=O) groups excluding carboxylic acids is 1. The second-order valence-corrected chi connectivity index (χ2v) is 6.70. The summed E-state index contributed by atoms with van der Waals surface area (Å²) in [5.41, 5.74) is 2.80. The van der Waals surface area contributed by atoms with E-state index in [2.05, 4.69) is 34.2 Å². The molecule has 130 valence electrons. The highest BCUT2D eigenvalue weighted by atomic mass is 16.7. The lowest BCUT2D eigenvalue weighted by atomic mass is 9.96. The van der Waals surface area contributed by atoms with Crippen LogP contribution in [0.25, 0.3) is 10.9 Å². The highest BCUT2D eigenvalue weighted by molar-refractivity contribution is 6.06. The topological polar surface area (TPSA) is 48.6 Å². The number of benzene rings is 2. The van der Waals surface area contributed by atoms with Crippen molar-refractivity contribution < 1.29 is 9.63 Å². The number of nitrogens with zero attached hydrogens (tertiary/aromatic N) is 2. The van der Waals surface area contributed by atoms with Crippen molar-refractivity contribution in [2.75, 3.05) is 13.2 Å². The molecule has 1 amide bonds. The Hall–Kier alpha value is -2.89. The number of rotatable bonds is 2. The summed E-state index contributed by atoms with van der Waals surface area (Å²) in [5.74, 6) is -0.112. The van der Waals surface area contributed by atoms with Gasteiger partial charge < -0.3 is 4.98 Å². The monoisotopic (exact) mass is 345 g/mol. The summed E-state index contributed by atoms with van der Waals surface area (Å²) in [5, 5.41) is 2.41. The largest absolute Gasteiger partial charge is 0.360 e. The fourth-order valence-electron chi connectivity index (χ4n) is 3.89. The highest BCUT2D eigenvalue weighted by Gasteiger charge is 2.39. The Morgan fingerprint density at radius 2 is 1.88 bits per heavy atom. The molecule has 3 heterocycles. The Kier molecular flexibility index (Phi) is 3.62. The van der Waals surface area contributed by atoms with E-state index in [1.54, 1.807) is 6.20 Å². The van der Waals surface area contributed by atoms with E-state index in [0.29, 0.717) is 12.2 Å². The maximum absolute atomic E-state index is 13.1. The van der Waals surface area contributed by atoms with Crippen molar-refractivity contribution in [1.82, 2.24) is 14.9 Å². The van der Waals surface area contributed by atoms with Gasteiger partial charge in [-0.05, 0) is 11.6 Å². The lowest BCUT2D eigenvalue weighted by Crippen LogP contribution is -2.55. The summed E-state index contributed by atoms with van der Waals surface area (Å²) >= 11 is 0. The van der Waals surface area contributed by atoms with E-state index in [0.717, 1.165) is 17.4 Å². The first-order valence-electron chi connectivity index (χ1n) is 8.82. The van der Waals surface area contributed by atoms with E-state index in [1.165, 1.54) is 10.6 Å². The summed E-state index contributed by atoms with van der Waals surface area (Å²) in [6.07, 6.45) is 5.76. The lowest BCUT2D eigenvalue weighted by Gasteiger charge is -2.46. The van der Waals surface area contributed by atoms with Gasteiger partial charge in [0.05, 0.1) is 11.6 Å². The number of hydrogen-bond acceptors (Lipinski definition) is 3. The normalized spacial score (nSPS) is 24.8. The molecule has 1 aromatic heterocycles. The number of fused-ring (bicyclic) bond motifs is 3. The number of carbonyl (C=O) groups is 1. The van der Waals surface area contributed by atoms with Crippen molar-refractivity contribution >= 4 is 16.8 Å². The van der Waals surface area contributed by atoms with Gasteiger partial charge in [0.15, 0.2) is 0 Å². The molecule has 0 spiro atoms. The molecule has 1 saturated heterocycles. The zero-order valence-corrected chi connectivity index (χ0v) is 14.2. The Morgan fingerprint density at radius 1 is 1.08 bits per heavy atom. The molecule has 0 radical (unpaired) electrons. The smallest absolute Gasteiger partial charge is 0.280 e. The molecule has 3 aromatic rings. The number of amides is 1. The summed E-state index contributed by atoms with van der Waals surface area (Å²) in [6.45, 7) is 1.25. The third-order valence-electron chi connectivity index (χ3n) is 5.12. The van der Waals surface area contributed by atoms with Crippen LogP contribution in [0.15, 0.2) is 72.9 Å². The molecule has 2 aliphatic heterocycles. The first kappa shape index (κ1) is 15.4. The molecule has 2 aliphatic rings. The van der Waals surface area contributed by atoms with Crippen LogP contribution in [-0.2, 0) is 4.84 Å². The van der Waals surface area contributed by atoms with Gasteiger partial charge in [-0.25, -0.2) is 5.06 Å². The summed E-state index contributed by atoms with van der Waals surface area (Å²) in [4.78, 5) is 24.6. The van der Waals surface area contributed by atoms with E-state index >= 15 is 0 Å². The molecule has 3 atom stereocenters. The molecule has 5 nitrogen and oxygen atoms in total. The standard InChI is InChI=1S/C21H19N3O2/c25-21(17-13-22-18-10-5-4-9-16(17)18)24-14-23-12-6-11-19(26-24)20(23)15-7-2-1-3-8-15/h1-11,13,19-20,22H,12,14H2. The third-order valence-corrected chi connectivity index (χ3v) is 5.12. The van der Waals surface area contributed by atoms with E-state index in [4.69, 9.17) is 4.84 Å². The Labute approximate surface area is 151 Å². The highest BCUT2D eigenvalue weighted by Crippen LogP contribution is 2.35. The minimum absolute atomic E-state index is 0.112. The number of aromatic nitrogens is 1. The van der Waals surface area contributed by atoms with E-state index in [1.807, 2.05) is 42.5 Å². The fourth-order valence-corrected chi connectivity index (χ4v) is 3.89. The fraction of sp³-hybridized carbons (Fsp3) is 0.190. The zero-order valence-electron chi connectivity index (χ0n) is 14.2. The van der Waals surface area contributed by atoms with E-state index in [9.17, 15) is 4.79 Å². The van der Waals surface area contributed by atoms with Gasteiger partial charge in [0.25, 0.3) is 5.91 Å². The van der Waals surface area contributed by atoms with Gasteiger partial charge in [-0.3, -0.25) is 14.5 Å². The summed E-state index contributed by atoms with van der Waals surface area (Å²) in [6, 6.07) is 18.3.